The quantitative estimate of drug-likeness (QED) is 0.909. The predicted molar refractivity (Wildman–Crippen MR) is 72.1 cm³/mol. The van der Waals surface area contributed by atoms with Crippen molar-refractivity contribution in [2.45, 2.75) is 39.2 Å². The van der Waals surface area contributed by atoms with Crippen molar-refractivity contribution in [1.29, 1.82) is 0 Å². The Morgan fingerprint density at radius 3 is 2.63 bits per heavy atom. The average molecular weight is 280 g/mol. The first-order valence-corrected chi connectivity index (χ1v) is 7.01. The Labute approximate surface area is 115 Å². The third kappa shape index (κ3) is 2.03. The summed E-state index contributed by atoms with van der Waals surface area (Å²) in [7, 11) is 0. The number of aromatic nitrogens is 4. The molecular formula is C12H16N4O2S. The van der Waals surface area contributed by atoms with E-state index in [4.69, 9.17) is 0 Å². The van der Waals surface area contributed by atoms with Crippen molar-refractivity contribution in [2.24, 2.45) is 0 Å². The van der Waals surface area contributed by atoms with Gasteiger partial charge in [-0.2, -0.15) is 0 Å². The molecule has 6 nitrogen and oxygen atoms in total. The fraction of sp³-hybridized carbons (Fsp3) is 0.500. The molecule has 0 saturated carbocycles. The lowest BCUT2D eigenvalue weighted by Crippen LogP contribution is -2.42. The van der Waals surface area contributed by atoms with Gasteiger partial charge in [-0.3, -0.25) is 0 Å². The van der Waals surface area contributed by atoms with Crippen molar-refractivity contribution < 1.29 is 9.90 Å². The molecule has 0 saturated heterocycles. The summed E-state index contributed by atoms with van der Waals surface area (Å²) in [5.74, 6) is -0.376. The van der Waals surface area contributed by atoms with Crippen LogP contribution in [0, 0.1) is 6.92 Å². The lowest BCUT2D eigenvalue weighted by molar-refractivity contribution is -0.148. The van der Waals surface area contributed by atoms with E-state index in [9.17, 15) is 9.90 Å². The molecule has 2 aromatic rings. The van der Waals surface area contributed by atoms with Gasteiger partial charge in [0.1, 0.15) is 0 Å². The van der Waals surface area contributed by atoms with Crippen molar-refractivity contribution in [1.82, 2.24) is 20.2 Å². The van der Waals surface area contributed by atoms with E-state index in [1.54, 1.807) is 0 Å². The number of carboxylic acid groups (broad SMARTS) is 1. The number of tetrazole rings is 1. The summed E-state index contributed by atoms with van der Waals surface area (Å²) in [4.78, 5) is 12.6. The van der Waals surface area contributed by atoms with Gasteiger partial charge in [0.2, 0.25) is 0 Å². The maximum atomic E-state index is 11.7. The van der Waals surface area contributed by atoms with Crippen LogP contribution in [0.3, 0.4) is 0 Å². The van der Waals surface area contributed by atoms with Crippen molar-refractivity contribution >= 4 is 17.3 Å². The fourth-order valence-electron chi connectivity index (χ4n) is 2.16. The molecule has 102 valence electrons. The Balaban J connectivity index is 2.61. The number of aryl methyl sites for hydroxylation is 1. The number of carboxylic acids is 1. The number of nitrogens with zero attached hydrogens (tertiary/aromatic N) is 4. The lowest BCUT2D eigenvalue weighted by atomic mass is 9.93. The number of thiophene rings is 1. The molecule has 0 amide bonds. The summed E-state index contributed by atoms with van der Waals surface area (Å²) in [6, 6.07) is 1.97. The normalized spacial score (nSPS) is 11.7. The topological polar surface area (TPSA) is 80.9 Å². The van der Waals surface area contributed by atoms with Gasteiger partial charge in [-0.15, -0.1) is 16.4 Å². The number of hydrogen-bond donors (Lipinski definition) is 1. The zero-order valence-corrected chi connectivity index (χ0v) is 11.9. The molecule has 1 N–H and O–H groups in total. The second kappa shape index (κ2) is 5.08. The van der Waals surface area contributed by atoms with E-state index in [0.717, 1.165) is 10.4 Å². The monoisotopic (exact) mass is 280 g/mol. The first kappa shape index (κ1) is 13.7. The number of carbonyl (C=O) groups is 1. The minimum atomic E-state index is -1.09. The Morgan fingerprint density at radius 2 is 2.16 bits per heavy atom. The maximum absolute atomic E-state index is 11.7. The van der Waals surface area contributed by atoms with Crippen LogP contribution in [0.25, 0.3) is 10.7 Å². The van der Waals surface area contributed by atoms with Crippen LogP contribution in [0.5, 0.6) is 0 Å². The number of aliphatic carboxylic acids is 1. The molecule has 0 aliphatic heterocycles. The highest BCUT2D eigenvalue weighted by Crippen LogP contribution is 2.33. The van der Waals surface area contributed by atoms with Crippen LogP contribution in [-0.2, 0) is 10.3 Å². The smallest absolute Gasteiger partial charge is 0.331 e. The molecule has 19 heavy (non-hydrogen) atoms. The Hall–Kier alpha value is -1.76. The van der Waals surface area contributed by atoms with Gasteiger partial charge in [-0.1, -0.05) is 13.8 Å². The molecule has 2 heterocycles. The van der Waals surface area contributed by atoms with Crippen LogP contribution in [0.15, 0.2) is 11.4 Å². The summed E-state index contributed by atoms with van der Waals surface area (Å²) in [6.07, 6.45) is 0.864. The highest BCUT2D eigenvalue weighted by Gasteiger charge is 2.40. The van der Waals surface area contributed by atoms with Crippen LogP contribution in [0.1, 0.15) is 32.3 Å². The Morgan fingerprint density at radius 1 is 1.47 bits per heavy atom. The van der Waals surface area contributed by atoms with E-state index in [-0.39, 0.29) is 0 Å². The van der Waals surface area contributed by atoms with E-state index < -0.39 is 11.5 Å². The van der Waals surface area contributed by atoms with Crippen molar-refractivity contribution in [3.8, 4) is 10.7 Å². The molecule has 2 rings (SSSR count). The third-order valence-corrected chi connectivity index (χ3v) is 4.52. The lowest BCUT2D eigenvalue weighted by Gasteiger charge is -2.27. The van der Waals surface area contributed by atoms with Gasteiger partial charge in [-0.05, 0) is 47.2 Å². The van der Waals surface area contributed by atoms with E-state index in [1.165, 1.54) is 16.0 Å². The van der Waals surface area contributed by atoms with Gasteiger partial charge < -0.3 is 5.11 Å². The van der Waals surface area contributed by atoms with E-state index in [0.29, 0.717) is 18.7 Å². The van der Waals surface area contributed by atoms with Crippen LogP contribution in [0.2, 0.25) is 0 Å². The molecule has 0 fully saturated rings. The second-order valence-corrected chi connectivity index (χ2v) is 5.31. The molecule has 2 aromatic heterocycles. The average Bonchev–Trinajstić information content (AvgIpc) is 3.00. The second-order valence-electron chi connectivity index (χ2n) is 4.39. The van der Waals surface area contributed by atoms with E-state index in [1.807, 2.05) is 32.2 Å². The summed E-state index contributed by atoms with van der Waals surface area (Å²) in [5.41, 5.74) is -0.0394. The van der Waals surface area contributed by atoms with Crippen LogP contribution in [-0.4, -0.2) is 31.3 Å². The standard InChI is InChI=1S/C12H16N4O2S/c1-4-12(5-2,11(17)18)16-10(13-14-15-16)9-8(3)6-7-19-9/h6-7H,4-5H2,1-3H3,(H,17,18). The van der Waals surface area contributed by atoms with Gasteiger partial charge in [0.25, 0.3) is 0 Å². The SMILES string of the molecule is CCC(CC)(C(=O)O)n1nnnc1-c1sccc1C. The zero-order valence-electron chi connectivity index (χ0n) is 11.1. The Bertz CT molecular complexity index is 586. The van der Waals surface area contributed by atoms with Crippen molar-refractivity contribution in [2.75, 3.05) is 0 Å². The summed E-state index contributed by atoms with van der Waals surface area (Å²) < 4.78 is 1.45. The molecule has 0 bridgehead atoms. The van der Waals surface area contributed by atoms with Crippen molar-refractivity contribution in [3.05, 3.63) is 17.0 Å². The minimum absolute atomic E-state index is 0.432. The maximum Gasteiger partial charge on any atom is 0.331 e. The molecule has 0 radical (unpaired) electrons. The van der Waals surface area contributed by atoms with Gasteiger partial charge in [-0.25, -0.2) is 9.48 Å². The third-order valence-electron chi connectivity index (χ3n) is 3.51. The molecular weight excluding hydrogens is 264 g/mol. The molecule has 0 unspecified atom stereocenters. The zero-order chi connectivity index (χ0) is 14.0. The van der Waals surface area contributed by atoms with Crippen molar-refractivity contribution in [3.63, 3.8) is 0 Å². The van der Waals surface area contributed by atoms with Gasteiger partial charge in [0.05, 0.1) is 4.88 Å². The van der Waals surface area contributed by atoms with Gasteiger partial charge in [0.15, 0.2) is 11.4 Å². The van der Waals surface area contributed by atoms with Gasteiger partial charge >= 0.3 is 5.97 Å². The highest BCUT2D eigenvalue weighted by atomic mass is 32.1. The minimum Gasteiger partial charge on any atom is -0.479 e. The van der Waals surface area contributed by atoms with E-state index in [2.05, 4.69) is 15.5 Å². The Kier molecular flexibility index (Phi) is 3.66. The molecule has 0 aliphatic rings. The van der Waals surface area contributed by atoms with Crippen LogP contribution in [0.4, 0.5) is 0 Å². The fourth-order valence-corrected chi connectivity index (χ4v) is 3.06. The highest BCUT2D eigenvalue weighted by molar-refractivity contribution is 7.13. The van der Waals surface area contributed by atoms with Gasteiger partial charge in [0, 0.05) is 0 Å². The van der Waals surface area contributed by atoms with Crippen LogP contribution >= 0.6 is 11.3 Å². The van der Waals surface area contributed by atoms with Crippen LogP contribution < -0.4 is 0 Å². The summed E-state index contributed by atoms with van der Waals surface area (Å²) >= 11 is 1.51. The molecule has 0 spiro atoms. The summed E-state index contributed by atoms with van der Waals surface area (Å²) in [6.45, 7) is 5.64. The first-order chi connectivity index (χ1) is 9.06. The first-order valence-electron chi connectivity index (χ1n) is 6.13. The molecule has 0 atom stereocenters. The summed E-state index contributed by atoms with van der Waals surface area (Å²) in [5, 5.41) is 23.1. The molecule has 7 heteroatoms. The number of rotatable bonds is 5. The molecule has 0 aliphatic carbocycles. The molecule has 0 aromatic carbocycles. The predicted octanol–water partition coefficient (Wildman–Crippen LogP) is 2.31. The van der Waals surface area contributed by atoms with E-state index >= 15 is 0 Å². The largest absolute Gasteiger partial charge is 0.479 e. The number of hydrogen-bond acceptors (Lipinski definition) is 5.